The van der Waals surface area contributed by atoms with Gasteiger partial charge in [0, 0.05) is 18.7 Å². The number of esters is 1. The third-order valence-electron chi connectivity index (χ3n) is 3.29. The van der Waals surface area contributed by atoms with Crippen LogP contribution in [0.5, 0.6) is 0 Å². The summed E-state index contributed by atoms with van der Waals surface area (Å²) < 4.78 is 4.98. The summed E-state index contributed by atoms with van der Waals surface area (Å²) in [6.07, 6.45) is 3.45. The molecule has 20 heavy (non-hydrogen) atoms. The molecule has 0 bridgehead atoms. The first-order valence-corrected chi connectivity index (χ1v) is 6.92. The summed E-state index contributed by atoms with van der Waals surface area (Å²) in [7, 11) is 0. The number of carbonyl (C=O) groups is 1. The number of hydrogen-bond acceptors (Lipinski definition) is 5. The normalized spacial score (nSPS) is 18.2. The van der Waals surface area contributed by atoms with Gasteiger partial charge in [0.25, 0.3) is 0 Å². The Morgan fingerprint density at radius 2 is 2.05 bits per heavy atom. The fourth-order valence-electron chi connectivity index (χ4n) is 2.16. The molecule has 108 valence electrons. The zero-order valence-electron chi connectivity index (χ0n) is 11.7. The number of nitrogens with zero attached hydrogens (tertiary/aromatic N) is 2. The van der Waals surface area contributed by atoms with Gasteiger partial charge in [0.05, 0.1) is 12.8 Å². The first-order valence-electron chi connectivity index (χ1n) is 6.92. The second kappa shape index (κ2) is 6.52. The second-order valence-corrected chi connectivity index (χ2v) is 4.76. The van der Waals surface area contributed by atoms with E-state index in [0.717, 1.165) is 25.9 Å². The summed E-state index contributed by atoms with van der Waals surface area (Å²) in [6.45, 7) is 3.63. The Balaban J connectivity index is 2.26. The molecule has 1 atom stereocenters. The van der Waals surface area contributed by atoms with Gasteiger partial charge in [-0.05, 0) is 19.8 Å². The van der Waals surface area contributed by atoms with Crippen LogP contribution in [0.4, 0.5) is 0 Å². The van der Waals surface area contributed by atoms with Crippen LogP contribution in [-0.2, 0) is 15.1 Å². The SMILES string of the molecule is CCOC(=O)C(O)(/C=N/N1CCCC1)c1ccccc1. The summed E-state index contributed by atoms with van der Waals surface area (Å²) in [4.78, 5) is 12.1. The van der Waals surface area contributed by atoms with E-state index in [4.69, 9.17) is 4.74 Å². The molecular weight excluding hydrogens is 256 g/mol. The van der Waals surface area contributed by atoms with Crippen molar-refractivity contribution in [3.8, 4) is 0 Å². The minimum atomic E-state index is -1.83. The van der Waals surface area contributed by atoms with Crippen molar-refractivity contribution in [2.75, 3.05) is 19.7 Å². The fraction of sp³-hybridized carbons (Fsp3) is 0.467. The van der Waals surface area contributed by atoms with Crippen molar-refractivity contribution >= 4 is 12.2 Å². The van der Waals surface area contributed by atoms with E-state index < -0.39 is 11.6 Å². The molecular formula is C15H20N2O3. The maximum absolute atomic E-state index is 12.1. The van der Waals surface area contributed by atoms with Crippen LogP contribution in [0.2, 0.25) is 0 Å². The molecule has 1 aromatic rings. The van der Waals surface area contributed by atoms with E-state index in [2.05, 4.69) is 5.10 Å². The van der Waals surface area contributed by atoms with Crippen LogP contribution in [0.25, 0.3) is 0 Å². The Morgan fingerprint density at radius 3 is 2.65 bits per heavy atom. The summed E-state index contributed by atoms with van der Waals surface area (Å²) in [6, 6.07) is 8.74. The van der Waals surface area contributed by atoms with Crippen molar-refractivity contribution < 1.29 is 14.6 Å². The van der Waals surface area contributed by atoms with Crippen molar-refractivity contribution in [1.29, 1.82) is 0 Å². The fourth-order valence-corrected chi connectivity index (χ4v) is 2.16. The Bertz CT molecular complexity index is 469. The predicted molar refractivity (Wildman–Crippen MR) is 76.3 cm³/mol. The Hall–Kier alpha value is -1.88. The topological polar surface area (TPSA) is 62.1 Å². The molecule has 0 aromatic heterocycles. The van der Waals surface area contributed by atoms with Crippen LogP contribution >= 0.6 is 0 Å². The third-order valence-corrected chi connectivity index (χ3v) is 3.29. The quantitative estimate of drug-likeness (QED) is 0.654. The van der Waals surface area contributed by atoms with Gasteiger partial charge in [0.2, 0.25) is 5.60 Å². The van der Waals surface area contributed by atoms with Gasteiger partial charge >= 0.3 is 5.97 Å². The average Bonchev–Trinajstić information content (AvgIpc) is 2.99. The van der Waals surface area contributed by atoms with Crippen molar-refractivity contribution in [1.82, 2.24) is 5.01 Å². The number of benzene rings is 1. The largest absolute Gasteiger partial charge is 0.463 e. The van der Waals surface area contributed by atoms with E-state index in [9.17, 15) is 9.90 Å². The molecule has 1 aliphatic rings. The number of carbonyl (C=O) groups excluding carboxylic acids is 1. The molecule has 1 saturated heterocycles. The summed E-state index contributed by atoms with van der Waals surface area (Å²) in [5.41, 5.74) is -1.37. The van der Waals surface area contributed by atoms with Gasteiger partial charge < -0.3 is 9.84 Å². The number of aliphatic hydroxyl groups is 1. The molecule has 5 nitrogen and oxygen atoms in total. The number of hydrazone groups is 1. The van der Waals surface area contributed by atoms with Crippen LogP contribution in [0.1, 0.15) is 25.3 Å². The zero-order valence-corrected chi connectivity index (χ0v) is 11.7. The lowest BCUT2D eigenvalue weighted by molar-refractivity contribution is -0.158. The molecule has 0 amide bonds. The highest BCUT2D eigenvalue weighted by Gasteiger charge is 2.38. The van der Waals surface area contributed by atoms with Gasteiger partial charge in [0.15, 0.2) is 0 Å². The molecule has 0 spiro atoms. The minimum Gasteiger partial charge on any atom is -0.463 e. The molecule has 1 unspecified atom stereocenters. The highest BCUT2D eigenvalue weighted by atomic mass is 16.5. The highest BCUT2D eigenvalue weighted by molar-refractivity contribution is 5.99. The lowest BCUT2D eigenvalue weighted by Crippen LogP contribution is -2.39. The molecule has 0 saturated carbocycles. The molecule has 1 heterocycles. The first-order chi connectivity index (χ1) is 9.66. The zero-order chi connectivity index (χ0) is 14.4. The summed E-state index contributed by atoms with van der Waals surface area (Å²) in [5, 5.41) is 16.8. The molecule has 0 aliphatic carbocycles. The van der Waals surface area contributed by atoms with E-state index in [-0.39, 0.29) is 6.61 Å². The Kier molecular flexibility index (Phi) is 4.74. The third kappa shape index (κ3) is 3.17. The van der Waals surface area contributed by atoms with E-state index >= 15 is 0 Å². The van der Waals surface area contributed by atoms with Crippen LogP contribution in [0, 0.1) is 0 Å². The molecule has 2 rings (SSSR count). The van der Waals surface area contributed by atoms with Gasteiger partial charge in [-0.15, -0.1) is 0 Å². The van der Waals surface area contributed by atoms with Gasteiger partial charge in [0.1, 0.15) is 0 Å². The maximum Gasteiger partial charge on any atom is 0.348 e. The van der Waals surface area contributed by atoms with Crippen molar-refractivity contribution in [3.63, 3.8) is 0 Å². The van der Waals surface area contributed by atoms with Crippen molar-refractivity contribution in [3.05, 3.63) is 35.9 Å². The first kappa shape index (κ1) is 14.5. The average molecular weight is 276 g/mol. The molecule has 5 heteroatoms. The number of rotatable bonds is 5. The van der Waals surface area contributed by atoms with E-state index in [1.807, 2.05) is 11.1 Å². The van der Waals surface area contributed by atoms with Crippen LogP contribution in [-0.4, -0.2) is 42.0 Å². The predicted octanol–water partition coefficient (Wildman–Crippen LogP) is 1.52. The molecule has 1 fully saturated rings. The summed E-state index contributed by atoms with van der Waals surface area (Å²) in [5.74, 6) is -0.700. The number of hydrogen-bond donors (Lipinski definition) is 1. The monoisotopic (exact) mass is 276 g/mol. The summed E-state index contributed by atoms with van der Waals surface area (Å²) >= 11 is 0. The Labute approximate surface area is 118 Å². The lowest BCUT2D eigenvalue weighted by atomic mass is 9.95. The molecule has 0 radical (unpaired) electrons. The Morgan fingerprint density at radius 1 is 1.40 bits per heavy atom. The lowest BCUT2D eigenvalue weighted by Gasteiger charge is -2.23. The van der Waals surface area contributed by atoms with Crippen molar-refractivity contribution in [2.24, 2.45) is 5.10 Å². The number of ether oxygens (including phenoxy) is 1. The van der Waals surface area contributed by atoms with Crippen LogP contribution in [0.3, 0.4) is 0 Å². The van der Waals surface area contributed by atoms with Crippen LogP contribution < -0.4 is 0 Å². The van der Waals surface area contributed by atoms with E-state index in [0.29, 0.717) is 5.56 Å². The molecule has 1 aromatic carbocycles. The van der Waals surface area contributed by atoms with Gasteiger partial charge in [-0.25, -0.2) is 4.79 Å². The standard InChI is InChI=1S/C15H20N2O3/c1-2-20-14(18)15(19,13-8-4-3-5-9-13)12-16-17-10-6-7-11-17/h3-5,8-9,12,19H,2,6-7,10-11H2,1H3/b16-12+. The molecule has 1 N–H and O–H groups in total. The van der Waals surface area contributed by atoms with Gasteiger partial charge in [-0.2, -0.15) is 5.10 Å². The van der Waals surface area contributed by atoms with E-state index in [1.54, 1.807) is 31.2 Å². The second-order valence-electron chi connectivity index (χ2n) is 4.76. The minimum absolute atomic E-state index is 0.214. The van der Waals surface area contributed by atoms with E-state index in [1.165, 1.54) is 6.21 Å². The van der Waals surface area contributed by atoms with Gasteiger partial charge in [-0.1, -0.05) is 30.3 Å². The van der Waals surface area contributed by atoms with Crippen LogP contribution in [0.15, 0.2) is 35.4 Å². The highest BCUT2D eigenvalue weighted by Crippen LogP contribution is 2.21. The molecule has 1 aliphatic heterocycles. The van der Waals surface area contributed by atoms with Crippen molar-refractivity contribution in [2.45, 2.75) is 25.4 Å². The van der Waals surface area contributed by atoms with Gasteiger partial charge in [-0.3, -0.25) is 5.01 Å². The smallest absolute Gasteiger partial charge is 0.348 e. The maximum atomic E-state index is 12.1.